The summed E-state index contributed by atoms with van der Waals surface area (Å²) in [6.07, 6.45) is -0.181. The first kappa shape index (κ1) is 14.3. The number of benzene rings is 2. The molecule has 0 aliphatic rings. The van der Waals surface area contributed by atoms with Gasteiger partial charge in [0.05, 0.1) is 5.69 Å². The van der Waals surface area contributed by atoms with Gasteiger partial charge in [0.15, 0.2) is 5.82 Å². The second kappa shape index (κ2) is 5.99. The van der Waals surface area contributed by atoms with Crippen molar-refractivity contribution in [3.8, 4) is 5.69 Å². The molecule has 0 saturated heterocycles. The number of aliphatic hydroxyl groups is 1. The first-order valence-electron chi connectivity index (χ1n) is 7.21. The summed E-state index contributed by atoms with van der Waals surface area (Å²) in [4.78, 5) is 12.2. The maximum atomic E-state index is 12.2. The normalized spacial score (nSPS) is 12.3. The van der Waals surface area contributed by atoms with Crippen LogP contribution >= 0.6 is 0 Å². The highest BCUT2D eigenvalue weighted by Crippen LogP contribution is 2.22. The lowest BCUT2D eigenvalue weighted by Crippen LogP contribution is -2.20. The van der Waals surface area contributed by atoms with Crippen molar-refractivity contribution in [1.29, 1.82) is 0 Å². The molecule has 0 radical (unpaired) electrons. The summed E-state index contributed by atoms with van der Waals surface area (Å²) in [6.45, 7) is 2.03. The van der Waals surface area contributed by atoms with E-state index in [2.05, 4.69) is 10.2 Å². The van der Waals surface area contributed by atoms with Gasteiger partial charge in [0.25, 0.3) is 0 Å². The van der Waals surface area contributed by atoms with Crippen LogP contribution in [0.4, 0.5) is 0 Å². The molecule has 0 unspecified atom stereocenters. The number of nitrogens with zero attached hydrogens (tertiary/aromatic N) is 2. The van der Waals surface area contributed by atoms with Crippen LogP contribution in [0.5, 0.6) is 0 Å². The maximum Gasteiger partial charge on any atom is 0.348 e. The third-order valence-electron chi connectivity index (χ3n) is 3.67. The number of aliphatic hydroxyl groups excluding tert-OH is 1. The number of H-pyrrole nitrogens is 1. The molecule has 0 fully saturated rings. The first-order valence-corrected chi connectivity index (χ1v) is 7.21. The van der Waals surface area contributed by atoms with Gasteiger partial charge in [-0.1, -0.05) is 55.5 Å². The number of rotatable bonds is 4. The molecule has 3 rings (SSSR count). The lowest BCUT2D eigenvalue weighted by molar-refractivity contribution is 0.207. The second-order valence-electron chi connectivity index (χ2n) is 5.02. The van der Waals surface area contributed by atoms with Crippen LogP contribution in [0, 0.1) is 0 Å². The van der Waals surface area contributed by atoms with E-state index in [0.717, 1.165) is 17.7 Å². The van der Waals surface area contributed by atoms with Gasteiger partial charge in [-0.25, -0.2) is 14.5 Å². The van der Waals surface area contributed by atoms with E-state index in [1.165, 1.54) is 4.57 Å². The van der Waals surface area contributed by atoms with Crippen molar-refractivity contribution < 1.29 is 5.11 Å². The average molecular weight is 295 g/mol. The smallest absolute Gasteiger partial charge is 0.348 e. The number of nitrogens with one attached hydrogen (secondary N) is 1. The zero-order valence-electron chi connectivity index (χ0n) is 12.2. The van der Waals surface area contributed by atoms with E-state index < -0.39 is 6.10 Å². The molecule has 0 aliphatic heterocycles. The molecule has 2 aromatic carbocycles. The minimum atomic E-state index is -0.968. The Kier molecular flexibility index (Phi) is 3.89. The quantitative estimate of drug-likeness (QED) is 0.775. The highest BCUT2D eigenvalue weighted by atomic mass is 16.3. The molecule has 0 saturated carbocycles. The van der Waals surface area contributed by atoms with Crippen LogP contribution in [0.15, 0.2) is 59.4 Å². The molecule has 1 atom stereocenters. The molecule has 0 spiro atoms. The van der Waals surface area contributed by atoms with Crippen molar-refractivity contribution >= 4 is 0 Å². The minimum Gasteiger partial charge on any atom is -0.380 e. The Morgan fingerprint density at radius 2 is 1.82 bits per heavy atom. The number of para-hydroxylation sites is 1. The number of aromatic nitrogens is 3. The van der Waals surface area contributed by atoms with Gasteiger partial charge in [-0.2, -0.15) is 5.10 Å². The van der Waals surface area contributed by atoms with E-state index in [-0.39, 0.29) is 11.5 Å². The van der Waals surface area contributed by atoms with Crippen LogP contribution in [0.1, 0.15) is 30.0 Å². The number of hydrogen-bond acceptors (Lipinski definition) is 3. The molecule has 1 aromatic heterocycles. The van der Waals surface area contributed by atoms with Gasteiger partial charge in [0.2, 0.25) is 0 Å². The van der Waals surface area contributed by atoms with Gasteiger partial charge in [-0.05, 0) is 23.6 Å². The number of aryl methyl sites for hydroxylation is 1. The standard InChI is InChI=1S/C17H17N3O2/c1-2-12-8-6-7-11-14(12)20-16(18-19-17(20)22)15(21)13-9-4-3-5-10-13/h3-11,15,21H,2H2,1H3,(H,19,22)/t15-/m0/s1. The molecule has 5 heteroatoms. The molecular weight excluding hydrogens is 278 g/mol. The third kappa shape index (κ3) is 2.46. The van der Waals surface area contributed by atoms with Crippen LogP contribution in [-0.2, 0) is 6.42 Å². The highest BCUT2D eigenvalue weighted by molar-refractivity contribution is 5.42. The zero-order valence-corrected chi connectivity index (χ0v) is 12.2. The highest BCUT2D eigenvalue weighted by Gasteiger charge is 2.21. The Hall–Kier alpha value is -2.66. The van der Waals surface area contributed by atoms with Crippen molar-refractivity contribution in [3.63, 3.8) is 0 Å². The molecular formula is C17H17N3O2. The fourth-order valence-corrected chi connectivity index (χ4v) is 2.54. The zero-order chi connectivity index (χ0) is 15.5. The molecule has 3 aromatic rings. The van der Waals surface area contributed by atoms with Crippen LogP contribution in [0.3, 0.4) is 0 Å². The predicted molar refractivity (Wildman–Crippen MR) is 84.1 cm³/mol. The second-order valence-corrected chi connectivity index (χ2v) is 5.02. The fourth-order valence-electron chi connectivity index (χ4n) is 2.54. The number of hydrogen-bond donors (Lipinski definition) is 2. The summed E-state index contributed by atoms with van der Waals surface area (Å²) < 4.78 is 1.44. The Balaban J connectivity index is 2.15. The van der Waals surface area contributed by atoms with E-state index in [9.17, 15) is 9.90 Å². The monoisotopic (exact) mass is 295 g/mol. The summed E-state index contributed by atoms with van der Waals surface area (Å²) in [7, 11) is 0. The van der Waals surface area contributed by atoms with E-state index >= 15 is 0 Å². The molecule has 0 aliphatic carbocycles. The molecule has 0 amide bonds. The maximum absolute atomic E-state index is 12.2. The molecule has 112 valence electrons. The summed E-state index contributed by atoms with van der Waals surface area (Å²) in [5, 5.41) is 17.0. The van der Waals surface area contributed by atoms with Crippen molar-refractivity contribution in [3.05, 3.63) is 82.0 Å². The lowest BCUT2D eigenvalue weighted by Gasteiger charge is -2.14. The SMILES string of the molecule is CCc1ccccc1-n1c([C@@H](O)c2ccccc2)n[nH]c1=O. The Labute approximate surface area is 127 Å². The minimum absolute atomic E-state index is 0.289. The van der Waals surface area contributed by atoms with Gasteiger partial charge in [0, 0.05) is 0 Å². The van der Waals surface area contributed by atoms with Gasteiger partial charge < -0.3 is 5.11 Å². The average Bonchev–Trinajstić information content (AvgIpc) is 2.96. The lowest BCUT2D eigenvalue weighted by atomic mass is 10.1. The summed E-state index contributed by atoms with van der Waals surface area (Å²) in [5.74, 6) is 0.289. The molecule has 0 bridgehead atoms. The first-order chi connectivity index (χ1) is 10.7. The molecule has 1 heterocycles. The summed E-state index contributed by atoms with van der Waals surface area (Å²) in [5.41, 5.74) is 2.10. The predicted octanol–water partition coefficient (Wildman–Crippen LogP) is 2.20. The van der Waals surface area contributed by atoms with E-state index in [0.29, 0.717) is 5.56 Å². The van der Waals surface area contributed by atoms with Crippen LogP contribution in [0.25, 0.3) is 5.69 Å². The molecule has 22 heavy (non-hydrogen) atoms. The van der Waals surface area contributed by atoms with Crippen molar-refractivity contribution in [2.45, 2.75) is 19.4 Å². The molecule has 5 nitrogen and oxygen atoms in total. The van der Waals surface area contributed by atoms with Crippen molar-refractivity contribution in [1.82, 2.24) is 14.8 Å². The summed E-state index contributed by atoms with van der Waals surface area (Å²) in [6, 6.07) is 16.8. The van der Waals surface area contributed by atoms with E-state index in [1.807, 2.05) is 49.4 Å². The van der Waals surface area contributed by atoms with Gasteiger partial charge >= 0.3 is 5.69 Å². The Morgan fingerprint density at radius 1 is 1.14 bits per heavy atom. The van der Waals surface area contributed by atoms with Crippen LogP contribution < -0.4 is 5.69 Å². The number of aromatic amines is 1. The van der Waals surface area contributed by atoms with Gasteiger partial charge in [-0.3, -0.25) is 0 Å². The Morgan fingerprint density at radius 3 is 2.55 bits per heavy atom. The Bertz CT molecular complexity index is 821. The van der Waals surface area contributed by atoms with Crippen molar-refractivity contribution in [2.75, 3.05) is 0 Å². The fraction of sp³-hybridized carbons (Fsp3) is 0.176. The van der Waals surface area contributed by atoms with E-state index in [4.69, 9.17) is 0 Å². The summed E-state index contributed by atoms with van der Waals surface area (Å²) >= 11 is 0. The van der Waals surface area contributed by atoms with Crippen molar-refractivity contribution in [2.24, 2.45) is 0 Å². The largest absolute Gasteiger partial charge is 0.380 e. The molecule has 2 N–H and O–H groups in total. The van der Waals surface area contributed by atoms with Gasteiger partial charge in [0.1, 0.15) is 6.10 Å². The third-order valence-corrected chi connectivity index (χ3v) is 3.67. The van der Waals surface area contributed by atoms with Crippen LogP contribution in [0.2, 0.25) is 0 Å². The topological polar surface area (TPSA) is 70.9 Å². The van der Waals surface area contributed by atoms with Crippen LogP contribution in [-0.4, -0.2) is 19.9 Å². The van der Waals surface area contributed by atoms with Gasteiger partial charge in [-0.15, -0.1) is 0 Å². The van der Waals surface area contributed by atoms with E-state index in [1.54, 1.807) is 12.1 Å².